The van der Waals surface area contributed by atoms with Gasteiger partial charge in [-0.05, 0) is 67.4 Å². The maximum absolute atomic E-state index is 13.4. The van der Waals surface area contributed by atoms with Crippen LogP contribution in [-0.2, 0) is 4.79 Å². The predicted octanol–water partition coefficient (Wildman–Crippen LogP) is 4.22. The minimum absolute atomic E-state index is 0.164. The zero-order valence-corrected chi connectivity index (χ0v) is 16.5. The Kier molecular flexibility index (Phi) is 5.05. The summed E-state index contributed by atoms with van der Waals surface area (Å²) in [5.74, 6) is 1.79. The number of Topliss-reactive ketones (excluding diaryl/α,β-unsaturated/α-hetero) is 1. The highest BCUT2D eigenvalue weighted by atomic mass is 16.5. The van der Waals surface area contributed by atoms with E-state index in [-0.39, 0.29) is 17.9 Å². The number of hydrogen-bond acceptors (Lipinski definition) is 4. The molecule has 0 N–H and O–H groups in total. The van der Waals surface area contributed by atoms with Crippen LogP contribution in [0.4, 0.5) is 0 Å². The highest BCUT2D eigenvalue weighted by Crippen LogP contribution is 2.40. The molecule has 0 unspecified atom stereocenters. The maximum atomic E-state index is 13.4. The molecule has 2 bridgehead atoms. The average Bonchev–Trinajstić information content (AvgIpc) is 3.04. The van der Waals surface area contributed by atoms with Gasteiger partial charge in [-0.15, -0.1) is 0 Å². The van der Waals surface area contributed by atoms with Crippen LogP contribution in [-0.4, -0.2) is 44.0 Å². The summed E-state index contributed by atoms with van der Waals surface area (Å²) in [5.41, 5.74) is 3.79. The molecular formula is C24H25NO3. The number of ether oxygens (including phenoxy) is 2. The Morgan fingerprint density at radius 2 is 1.18 bits per heavy atom. The van der Waals surface area contributed by atoms with Crippen molar-refractivity contribution in [3.05, 3.63) is 70.8 Å². The van der Waals surface area contributed by atoms with Crippen molar-refractivity contribution in [2.24, 2.45) is 0 Å². The lowest BCUT2D eigenvalue weighted by molar-refractivity contribution is -0.114. The smallest absolute Gasteiger partial charge is 0.188 e. The minimum atomic E-state index is 0.164. The summed E-state index contributed by atoms with van der Waals surface area (Å²) in [6.07, 6.45) is 6.09. The molecular weight excluding hydrogens is 350 g/mol. The first-order chi connectivity index (χ1) is 13.6. The maximum Gasteiger partial charge on any atom is 0.188 e. The van der Waals surface area contributed by atoms with E-state index in [4.69, 9.17) is 9.47 Å². The summed E-state index contributed by atoms with van der Waals surface area (Å²) < 4.78 is 10.5. The van der Waals surface area contributed by atoms with E-state index in [1.807, 2.05) is 60.7 Å². The van der Waals surface area contributed by atoms with E-state index in [9.17, 15) is 4.79 Å². The number of piperidine rings is 1. The Morgan fingerprint density at radius 1 is 0.786 bits per heavy atom. The second-order valence-electron chi connectivity index (χ2n) is 7.35. The molecule has 28 heavy (non-hydrogen) atoms. The second-order valence-corrected chi connectivity index (χ2v) is 7.35. The molecule has 2 aliphatic rings. The molecule has 0 spiro atoms. The predicted molar refractivity (Wildman–Crippen MR) is 112 cm³/mol. The Balaban J connectivity index is 1.70. The van der Waals surface area contributed by atoms with Crippen LogP contribution in [0.2, 0.25) is 0 Å². The van der Waals surface area contributed by atoms with Gasteiger partial charge in [0.25, 0.3) is 0 Å². The van der Waals surface area contributed by atoms with Crippen LogP contribution < -0.4 is 9.47 Å². The molecule has 2 aliphatic heterocycles. The lowest BCUT2D eigenvalue weighted by Gasteiger charge is -2.34. The molecule has 4 rings (SSSR count). The number of nitrogens with zero attached hydrogens (tertiary/aromatic N) is 1. The summed E-state index contributed by atoms with van der Waals surface area (Å²) in [6.45, 7) is 0. The topological polar surface area (TPSA) is 38.8 Å². The van der Waals surface area contributed by atoms with Crippen LogP contribution in [0, 0.1) is 0 Å². The lowest BCUT2D eigenvalue weighted by Crippen LogP contribution is -2.43. The molecule has 144 valence electrons. The van der Waals surface area contributed by atoms with Gasteiger partial charge in [0.1, 0.15) is 11.5 Å². The van der Waals surface area contributed by atoms with Gasteiger partial charge in [0.15, 0.2) is 5.78 Å². The molecule has 0 radical (unpaired) electrons. The van der Waals surface area contributed by atoms with Crippen molar-refractivity contribution in [1.82, 2.24) is 4.90 Å². The van der Waals surface area contributed by atoms with Crippen molar-refractivity contribution < 1.29 is 14.3 Å². The molecule has 4 heteroatoms. The monoisotopic (exact) mass is 375 g/mol. The molecule has 2 aromatic carbocycles. The fraction of sp³-hybridized carbons (Fsp3) is 0.292. The van der Waals surface area contributed by atoms with Crippen LogP contribution in [0.25, 0.3) is 12.2 Å². The number of carbonyl (C=O) groups excluding carboxylic acids is 1. The average molecular weight is 375 g/mol. The van der Waals surface area contributed by atoms with Crippen molar-refractivity contribution in [3.63, 3.8) is 0 Å². The number of ketones is 1. The normalized spacial score (nSPS) is 24.8. The molecule has 2 aromatic rings. The van der Waals surface area contributed by atoms with Crippen molar-refractivity contribution in [2.75, 3.05) is 21.3 Å². The largest absolute Gasteiger partial charge is 0.497 e. The number of methoxy groups -OCH3 is 2. The van der Waals surface area contributed by atoms with Crippen molar-refractivity contribution in [3.8, 4) is 11.5 Å². The summed E-state index contributed by atoms with van der Waals surface area (Å²) in [6, 6.07) is 16.0. The van der Waals surface area contributed by atoms with Gasteiger partial charge in [0.2, 0.25) is 0 Å². The standard InChI is InChI=1S/C24H25NO3/c1-25-22-12-13-23(25)21(15-17-6-10-19(28-3)11-7-17)24(26)20(22)14-16-4-8-18(27-2)9-5-16/h4-11,14-15,22-23H,12-13H2,1-3H3/b20-14-,21-15+/t22-,23+/m1/s1. The first-order valence-corrected chi connectivity index (χ1v) is 9.58. The Labute approximate surface area is 166 Å². The van der Waals surface area contributed by atoms with Gasteiger partial charge in [-0.25, -0.2) is 0 Å². The van der Waals surface area contributed by atoms with E-state index in [1.165, 1.54) is 0 Å². The van der Waals surface area contributed by atoms with Gasteiger partial charge in [-0.1, -0.05) is 24.3 Å². The van der Waals surface area contributed by atoms with Crippen LogP contribution in [0.3, 0.4) is 0 Å². The molecule has 2 saturated heterocycles. The lowest BCUT2D eigenvalue weighted by atomic mass is 9.88. The van der Waals surface area contributed by atoms with Gasteiger partial charge in [0.05, 0.1) is 14.2 Å². The van der Waals surface area contributed by atoms with E-state index < -0.39 is 0 Å². The summed E-state index contributed by atoms with van der Waals surface area (Å²) >= 11 is 0. The molecule has 4 nitrogen and oxygen atoms in total. The zero-order valence-electron chi connectivity index (χ0n) is 16.5. The minimum Gasteiger partial charge on any atom is -0.497 e. The number of likely N-dealkylation sites (N-methyl/N-ethyl adjacent to an activating group) is 1. The summed E-state index contributed by atoms with van der Waals surface area (Å²) in [5, 5.41) is 0. The Bertz CT molecular complexity index is 850. The van der Waals surface area contributed by atoms with E-state index in [0.29, 0.717) is 0 Å². The number of carbonyl (C=O) groups is 1. The number of fused-ring (bicyclic) bond motifs is 2. The van der Waals surface area contributed by atoms with E-state index in [0.717, 1.165) is 46.6 Å². The first-order valence-electron chi connectivity index (χ1n) is 9.58. The van der Waals surface area contributed by atoms with Crippen LogP contribution in [0.15, 0.2) is 59.7 Å². The third kappa shape index (κ3) is 3.36. The van der Waals surface area contributed by atoms with E-state index in [2.05, 4.69) is 11.9 Å². The Morgan fingerprint density at radius 3 is 1.54 bits per heavy atom. The highest BCUT2D eigenvalue weighted by molar-refractivity contribution is 6.16. The number of hydrogen-bond donors (Lipinski definition) is 0. The Hall–Kier alpha value is -2.85. The molecule has 0 amide bonds. The molecule has 2 atom stereocenters. The number of benzene rings is 2. The molecule has 0 saturated carbocycles. The van der Waals surface area contributed by atoms with Gasteiger partial charge in [0, 0.05) is 23.2 Å². The van der Waals surface area contributed by atoms with Crippen LogP contribution in [0.5, 0.6) is 11.5 Å². The fourth-order valence-electron chi connectivity index (χ4n) is 4.24. The van der Waals surface area contributed by atoms with Gasteiger partial charge in [-0.2, -0.15) is 0 Å². The van der Waals surface area contributed by atoms with E-state index in [1.54, 1.807) is 14.2 Å². The number of rotatable bonds is 4. The third-order valence-electron chi connectivity index (χ3n) is 5.82. The van der Waals surface area contributed by atoms with Crippen LogP contribution >= 0.6 is 0 Å². The molecule has 0 aliphatic carbocycles. The summed E-state index contributed by atoms with van der Waals surface area (Å²) in [4.78, 5) is 15.7. The van der Waals surface area contributed by atoms with Crippen LogP contribution in [0.1, 0.15) is 24.0 Å². The first kappa shape index (κ1) is 18.5. The van der Waals surface area contributed by atoms with Crippen molar-refractivity contribution in [2.45, 2.75) is 24.9 Å². The molecule has 0 aromatic heterocycles. The van der Waals surface area contributed by atoms with Gasteiger partial charge >= 0.3 is 0 Å². The summed E-state index contributed by atoms with van der Waals surface area (Å²) in [7, 11) is 5.43. The molecule has 2 fully saturated rings. The third-order valence-corrected chi connectivity index (χ3v) is 5.82. The SMILES string of the molecule is COc1ccc(/C=C2\C(=O)/C(=C/c3ccc(OC)cc3)[C@@H]3CC[C@H]2N3C)cc1. The van der Waals surface area contributed by atoms with Crippen molar-refractivity contribution >= 4 is 17.9 Å². The van der Waals surface area contributed by atoms with Gasteiger partial charge < -0.3 is 9.47 Å². The fourth-order valence-corrected chi connectivity index (χ4v) is 4.24. The zero-order chi connectivity index (χ0) is 19.7. The molecule has 2 heterocycles. The van der Waals surface area contributed by atoms with E-state index >= 15 is 0 Å². The quantitative estimate of drug-likeness (QED) is 0.750. The highest BCUT2D eigenvalue weighted by Gasteiger charge is 2.44. The van der Waals surface area contributed by atoms with Crippen molar-refractivity contribution in [1.29, 1.82) is 0 Å². The van der Waals surface area contributed by atoms with Gasteiger partial charge in [-0.3, -0.25) is 9.69 Å². The second kappa shape index (κ2) is 7.64.